The predicted molar refractivity (Wildman–Crippen MR) is 60.6 cm³/mol. The number of rotatable bonds is 2. The van der Waals surface area contributed by atoms with Crippen LogP contribution < -0.4 is 5.32 Å². The van der Waals surface area contributed by atoms with Crippen LogP contribution in [0.5, 0.6) is 0 Å². The molecule has 0 aromatic rings. The first-order valence-corrected chi connectivity index (χ1v) is 6.21. The van der Waals surface area contributed by atoms with Crippen LogP contribution in [-0.4, -0.2) is 36.5 Å². The molecule has 2 rings (SSSR count). The van der Waals surface area contributed by atoms with Gasteiger partial charge in [0.25, 0.3) is 0 Å². The summed E-state index contributed by atoms with van der Waals surface area (Å²) in [6.45, 7) is 2.94. The second kappa shape index (κ2) is 4.52. The van der Waals surface area contributed by atoms with Gasteiger partial charge in [0.05, 0.1) is 6.04 Å². The first-order valence-electron chi connectivity index (χ1n) is 6.21. The SMILES string of the molecule is CNC(C)C(=O)N1CCCC2CCCC21. The molecule has 3 unspecified atom stereocenters. The fourth-order valence-electron chi connectivity index (χ4n) is 3.10. The van der Waals surface area contributed by atoms with Gasteiger partial charge in [0.2, 0.25) is 5.91 Å². The van der Waals surface area contributed by atoms with Crippen LogP contribution in [0.2, 0.25) is 0 Å². The molecule has 86 valence electrons. The number of hydrogen-bond donors (Lipinski definition) is 1. The molecule has 0 bridgehead atoms. The Morgan fingerprint density at radius 3 is 2.80 bits per heavy atom. The average molecular weight is 210 g/mol. The van der Waals surface area contributed by atoms with Crippen molar-refractivity contribution in [2.24, 2.45) is 5.92 Å². The second-order valence-corrected chi connectivity index (χ2v) is 4.94. The molecular formula is C12H22N2O. The summed E-state index contributed by atoms with van der Waals surface area (Å²) < 4.78 is 0. The third-order valence-corrected chi connectivity index (χ3v) is 4.08. The number of piperidine rings is 1. The van der Waals surface area contributed by atoms with Crippen LogP contribution in [-0.2, 0) is 4.79 Å². The largest absolute Gasteiger partial charge is 0.338 e. The summed E-state index contributed by atoms with van der Waals surface area (Å²) in [4.78, 5) is 14.3. The van der Waals surface area contributed by atoms with E-state index < -0.39 is 0 Å². The number of fused-ring (bicyclic) bond motifs is 1. The van der Waals surface area contributed by atoms with E-state index in [0.29, 0.717) is 11.9 Å². The minimum atomic E-state index is -0.0237. The van der Waals surface area contributed by atoms with Gasteiger partial charge in [-0.1, -0.05) is 6.42 Å². The van der Waals surface area contributed by atoms with E-state index in [9.17, 15) is 4.79 Å². The molecule has 15 heavy (non-hydrogen) atoms. The van der Waals surface area contributed by atoms with Crippen molar-refractivity contribution in [2.45, 2.75) is 51.1 Å². The van der Waals surface area contributed by atoms with Gasteiger partial charge in [-0.2, -0.15) is 0 Å². The number of hydrogen-bond acceptors (Lipinski definition) is 2. The maximum Gasteiger partial charge on any atom is 0.239 e. The van der Waals surface area contributed by atoms with Crippen molar-refractivity contribution in [3.63, 3.8) is 0 Å². The maximum atomic E-state index is 12.1. The minimum absolute atomic E-state index is 0.0237. The highest BCUT2D eigenvalue weighted by Crippen LogP contribution is 2.36. The standard InChI is InChI=1S/C12H22N2O/c1-9(13-2)12(15)14-8-4-6-10-5-3-7-11(10)14/h9-11,13H,3-8H2,1-2H3. The average Bonchev–Trinajstić information content (AvgIpc) is 2.74. The molecular weight excluding hydrogens is 188 g/mol. The van der Waals surface area contributed by atoms with Crippen molar-refractivity contribution in [1.82, 2.24) is 10.2 Å². The Hall–Kier alpha value is -0.570. The predicted octanol–water partition coefficient (Wildman–Crippen LogP) is 1.39. The fraction of sp³-hybridized carbons (Fsp3) is 0.917. The number of carbonyl (C=O) groups is 1. The Morgan fingerprint density at radius 2 is 2.07 bits per heavy atom. The zero-order valence-electron chi connectivity index (χ0n) is 9.83. The van der Waals surface area contributed by atoms with E-state index in [1.54, 1.807) is 0 Å². The van der Waals surface area contributed by atoms with Gasteiger partial charge in [-0.05, 0) is 45.6 Å². The van der Waals surface area contributed by atoms with Crippen LogP contribution >= 0.6 is 0 Å². The molecule has 1 amide bonds. The highest BCUT2D eigenvalue weighted by molar-refractivity contribution is 5.81. The first-order chi connectivity index (χ1) is 7.24. The number of amides is 1. The normalized spacial score (nSPS) is 32.5. The molecule has 1 aliphatic carbocycles. The van der Waals surface area contributed by atoms with Gasteiger partial charge in [-0.15, -0.1) is 0 Å². The number of carbonyl (C=O) groups excluding carboxylic acids is 1. The highest BCUT2D eigenvalue weighted by atomic mass is 16.2. The zero-order valence-corrected chi connectivity index (χ0v) is 9.83. The van der Waals surface area contributed by atoms with Gasteiger partial charge < -0.3 is 10.2 Å². The quantitative estimate of drug-likeness (QED) is 0.747. The third kappa shape index (κ3) is 2.03. The monoisotopic (exact) mass is 210 g/mol. The van der Waals surface area contributed by atoms with E-state index in [0.717, 1.165) is 12.5 Å². The van der Waals surface area contributed by atoms with Gasteiger partial charge in [-0.25, -0.2) is 0 Å². The molecule has 0 aromatic carbocycles. The van der Waals surface area contributed by atoms with Crippen molar-refractivity contribution < 1.29 is 4.79 Å². The molecule has 2 aliphatic rings. The minimum Gasteiger partial charge on any atom is -0.338 e. The molecule has 1 N–H and O–H groups in total. The van der Waals surface area contributed by atoms with Crippen molar-refractivity contribution >= 4 is 5.91 Å². The molecule has 3 nitrogen and oxygen atoms in total. The lowest BCUT2D eigenvalue weighted by Crippen LogP contribution is -2.52. The summed E-state index contributed by atoms with van der Waals surface area (Å²) in [5, 5.41) is 3.05. The highest BCUT2D eigenvalue weighted by Gasteiger charge is 2.38. The maximum absolute atomic E-state index is 12.1. The van der Waals surface area contributed by atoms with Gasteiger partial charge >= 0.3 is 0 Å². The lowest BCUT2D eigenvalue weighted by atomic mass is 9.91. The number of nitrogens with zero attached hydrogens (tertiary/aromatic N) is 1. The molecule has 3 heteroatoms. The van der Waals surface area contributed by atoms with E-state index in [1.807, 2.05) is 14.0 Å². The van der Waals surface area contributed by atoms with Gasteiger partial charge in [-0.3, -0.25) is 4.79 Å². The summed E-state index contributed by atoms with van der Waals surface area (Å²) in [7, 11) is 1.86. The Bertz CT molecular complexity index is 242. The number of nitrogens with one attached hydrogen (secondary N) is 1. The molecule has 1 saturated carbocycles. The molecule has 2 fully saturated rings. The Morgan fingerprint density at radius 1 is 1.33 bits per heavy atom. The van der Waals surface area contributed by atoms with E-state index in [1.165, 1.54) is 32.1 Å². The summed E-state index contributed by atoms with van der Waals surface area (Å²) in [5.41, 5.74) is 0. The lowest BCUT2D eigenvalue weighted by molar-refractivity contribution is -0.137. The Kier molecular flexibility index (Phi) is 3.29. The summed E-state index contributed by atoms with van der Waals surface area (Å²) in [5.74, 6) is 1.10. The smallest absolute Gasteiger partial charge is 0.239 e. The van der Waals surface area contributed by atoms with Gasteiger partial charge in [0.1, 0.15) is 0 Å². The third-order valence-electron chi connectivity index (χ3n) is 4.08. The summed E-state index contributed by atoms with van der Waals surface area (Å²) >= 11 is 0. The van der Waals surface area contributed by atoms with Crippen LogP contribution in [0.4, 0.5) is 0 Å². The first kappa shape index (κ1) is 10.9. The lowest BCUT2D eigenvalue weighted by Gasteiger charge is -2.39. The van der Waals surface area contributed by atoms with E-state index in [-0.39, 0.29) is 6.04 Å². The summed E-state index contributed by atoms with van der Waals surface area (Å²) in [6.07, 6.45) is 6.41. The molecule has 1 saturated heterocycles. The van der Waals surface area contributed by atoms with Crippen LogP contribution in [0.1, 0.15) is 39.0 Å². The van der Waals surface area contributed by atoms with Gasteiger partial charge in [0, 0.05) is 12.6 Å². The number of likely N-dealkylation sites (N-methyl/N-ethyl adjacent to an activating group) is 1. The van der Waals surface area contributed by atoms with Crippen LogP contribution in [0.15, 0.2) is 0 Å². The fourth-order valence-corrected chi connectivity index (χ4v) is 3.10. The number of likely N-dealkylation sites (tertiary alicyclic amines) is 1. The van der Waals surface area contributed by atoms with Gasteiger partial charge in [0.15, 0.2) is 0 Å². The Labute approximate surface area is 92.2 Å². The molecule has 0 spiro atoms. The van der Waals surface area contributed by atoms with Crippen LogP contribution in [0, 0.1) is 5.92 Å². The molecule has 0 radical (unpaired) electrons. The van der Waals surface area contributed by atoms with Crippen molar-refractivity contribution in [3.05, 3.63) is 0 Å². The molecule has 0 aromatic heterocycles. The molecule has 1 aliphatic heterocycles. The molecule has 3 atom stereocenters. The van der Waals surface area contributed by atoms with E-state index in [2.05, 4.69) is 10.2 Å². The topological polar surface area (TPSA) is 32.3 Å². The zero-order chi connectivity index (χ0) is 10.8. The van der Waals surface area contributed by atoms with E-state index >= 15 is 0 Å². The summed E-state index contributed by atoms with van der Waals surface area (Å²) in [6, 6.07) is 0.534. The van der Waals surface area contributed by atoms with Crippen LogP contribution in [0.3, 0.4) is 0 Å². The van der Waals surface area contributed by atoms with E-state index in [4.69, 9.17) is 0 Å². The Balaban J connectivity index is 2.04. The van der Waals surface area contributed by atoms with Crippen molar-refractivity contribution in [3.8, 4) is 0 Å². The van der Waals surface area contributed by atoms with Crippen LogP contribution in [0.25, 0.3) is 0 Å². The van der Waals surface area contributed by atoms with Crippen molar-refractivity contribution in [2.75, 3.05) is 13.6 Å². The second-order valence-electron chi connectivity index (χ2n) is 4.94. The molecule has 1 heterocycles. The van der Waals surface area contributed by atoms with Crippen molar-refractivity contribution in [1.29, 1.82) is 0 Å².